The van der Waals surface area contributed by atoms with Crippen LogP contribution in [0.5, 0.6) is 0 Å². The quantitative estimate of drug-likeness (QED) is 0.555. The standard InChI is InChI=1S/C26H35NS/c1-17(2)19-15-23(25(27-16-19)18-9-4-3-5-10-18)22-13-8-12-21-20-11-6-7-14-24(20)28-26(21)22/h3-4,6-7,11,14-15,17-18,20,22-25,27H,5,8-10,12-13,16H2,1-2H3. The molecule has 0 fully saturated rings. The molecule has 5 rings (SSSR count). The fourth-order valence-electron chi connectivity index (χ4n) is 6.20. The molecule has 0 aromatic rings. The highest BCUT2D eigenvalue weighted by atomic mass is 32.2. The number of hydrogen-bond donors (Lipinski definition) is 1. The zero-order valence-corrected chi connectivity index (χ0v) is 18.3. The Morgan fingerprint density at radius 1 is 1.11 bits per heavy atom. The van der Waals surface area contributed by atoms with E-state index >= 15 is 0 Å². The summed E-state index contributed by atoms with van der Waals surface area (Å²) >= 11 is 2.21. The van der Waals surface area contributed by atoms with Crippen LogP contribution < -0.4 is 5.32 Å². The Hall–Kier alpha value is -0.990. The summed E-state index contributed by atoms with van der Waals surface area (Å²) < 4.78 is 0. The number of allylic oxidation sites excluding steroid dienone is 7. The molecular weight excluding hydrogens is 358 g/mol. The van der Waals surface area contributed by atoms with Crippen LogP contribution in [0.1, 0.15) is 52.4 Å². The molecule has 1 nitrogen and oxygen atoms in total. The third-order valence-corrected chi connectivity index (χ3v) is 9.29. The number of nitrogens with one attached hydrogen (secondary N) is 1. The zero-order chi connectivity index (χ0) is 19.1. The Balaban J connectivity index is 1.49. The van der Waals surface area contributed by atoms with Gasteiger partial charge in [-0.15, -0.1) is 11.8 Å². The highest BCUT2D eigenvalue weighted by molar-refractivity contribution is 8.04. The fourth-order valence-corrected chi connectivity index (χ4v) is 7.90. The van der Waals surface area contributed by atoms with Gasteiger partial charge in [-0.1, -0.05) is 67.5 Å². The van der Waals surface area contributed by atoms with Gasteiger partial charge in [-0.2, -0.15) is 0 Å². The first-order valence-corrected chi connectivity index (χ1v) is 12.4. The van der Waals surface area contributed by atoms with E-state index in [2.05, 4.69) is 73.5 Å². The van der Waals surface area contributed by atoms with Crippen LogP contribution in [0.15, 0.2) is 58.6 Å². The van der Waals surface area contributed by atoms with Gasteiger partial charge in [0.05, 0.1) is 0 Å². The number of hydrogen-bond acceptors (Lipinski definition) is 2. The predicted octanol–water partition coefficient (Wildman–Crippen LogP) is 6.42. The third-order valence-electron chi connectivity index (χ3n) is 7.75. The maximum atomic E-state index is 4.05. The maximum absolute atomic E-state index is 4.05. The highest BCUT2D eigenvalue weighted by Gasteiger charge is 2.44. The van der Waals surface area contributed by atoms with Gasteiger partial charge in [0.1, 0.15) is 0 Å². The first-order valence-electron chi connectivity index (χ1n) is 11.6. The molecule has 2 heteroatoms. The molecule has 2 heterocycles. The summed E-state index contributed by atoms with van der Waals surface area (Å²) in [5, 5.41) is 4.71. The second-order valence-electron chi connectivity index (χ2n) is 9.69. The van der Waals surface area contributed by atoms with Crippen LogP contribution >= 0.6 is 11.8 Å². The zero-order valence-electron chi connectivity index (χ0n) is 17.4. The molecule has 0 saturated carbocycles. The van der Waals surface area contributed by atoms with Crippen LogP contribution in [-0.4, -0.2) is 17.8 Å². The van der Waals surface area contributed by atoms with Crippen molar-refractivity contribution in [3.63, 3.8) is 0 Å². The molecular formula is C26H35NS. The molecule has 28 heavy (non-hydrogen) atoms. The molecule has 6 unspecified atom stereocenters. The van der Waals surface area contributed by atoms with Crippen molar-refractivity contribution in [2.45, 2.75) is 63.7 Å². The van der Waals surface area contributed by atoms with Crippen LogP contribution in [0.2, 0.25) is 0 Å². The monoisotopic (exact) mass is 393 g/mol. The molecule has 0 aromatic heterocycles. The Labute approximate surface area is 175 Å². The second kappa shape index (κ2) is 8.03. The van der Waals surface area contributed by atoms with E-state index in [4.69, 9.17) is 0 Å². The molecule has 2 aliphatic heterocycles. The summed E-state index contributed by atoms with van der Waals surface area (Å²) in [4.78, 5) is 1.78. The Morgan fingerprint density at radius 3 is 2.82 bits per heavy atom. The largest absolute Gasteiger partial charge is 0.309 e. The van der Waals surface area contributed by atoms with E-state index in [1.165, 1.54) is 38.5 Å². The fraction of sp³-hybridized carbons (Fsp3) is 0.615. The minimum absolute atomic E-state index is 0.651. The number of fused-ring (bicyclic) bond motifs is 2. The van der Waals surface area contributed by atoms with Crippen molar-refractivity contribution in [2.24, 2.45) is 29.6 Å². The lowest BCUT2D eigenvalue weighted by Crippen LogP contribution is -2.49. The molecule has 0 spiro atoms. The molecule has 0 saturated heterocycles. The highest BCUT2D eigenvalue weighted by Crippen LogP contribution is 2.55. The first kappa shape index (κ1) is 19.0. The topological polar surface area (TPSA) is 12.0 Å². The van der Waals surface area contributed by atoms with Crippen molar-refractivity contribution in [3.05, 3.63) is 58.6 Å². The van der Waals surface area contributed by atoms with Gasteiger partial charge >= 0.3 is 0 Å². The van der Waals surface area contributed by atoms with E-state index in [0.717, 1.165) is 18.4 Å². The second-order valence-corrected chi connectivity index (χ2v) is 10.9. The summed E-state index contributed by atoms with van der Waals surface area (Å²) in [6, 6.07) is 0.651. The van der Waals surface area contributed by atoms with Crippen molar-refractivity contribution in [1.82, 2.24) is 5.32 Å². The van der Waals surface area contributed by atoms with E-state index in [1.807, 2.05) is 0 Å². The van der Waals surface area contributed by atoms with Gasteiger partial charge in [0.15, 0.2) is 0 Å². The van der Waals surface area contributed by atoms with Gasteiger partial charge in [0.25, 0.3) is 0 Å². The Morgan fingerprint density at radius 2 is 2.00 bits per heavy atom. The van der Waals surface area contributed by atoms with Crippen LogP contribution in [0, 0.1) is 29.6 Å². The van der Waals surface area contributed by atoms with Crippen LogP contribution in [0.3, 0.4) is 0 Å². The van der Waals surface area contributed by atoms with Gasteiger partial charge in [-0.25, -0.2) is 0 Å². The van der Waals surface area contributed by atoms with Gasteiger partial charge < -0.3 is 5.32 Å². The summed E-state index contributed by atoms with van der Waals surface area (Å²) in [7, 11) is 0. The minimum Gasteiger partial charge on any atom is -0.309 e. The van der Waals surface area contributed by atoms with Gasteiger partial charge in [-0.05, 0) is 61.2 Å². The van der Waals surface area contributed by atoms with E-state index in [0.29, 0.717) is 29.0 Å². The van der Waals surface area contributed by atoms with E-state index in [9.17, 15) is 0 Å². The minimum atomic E-state index is 0.651. The van der Waals surface area contributed by atoms with Crippen molar-refractivity contribution in [1.29, 1.82) is 0 Å². The average Bonchev–Trinajstić information content (AvgIpc) is 3.13. The molecule has 0 aromatic carbocycles. The maximum Gasteiger partial charge on any atom is 0.0375 e. The van der Waals surface area contributed by atoms with Crippen molar-refractivity contribution in [3.8, 4) is 0 Å². The molecule has 0 amide bonds. The molecule has 0 radical (unpaired) electrons. The molecule has 6 atom stereocenters. The van der Waals surface area contributed by atoms with Gasteiger partial charge in [0.2, 0.25) is 0 Å². The molecule has 3 aliphatic carbocycles. The van der Waals surface area contributed by atoms with Crippen LogP contribution in [-0.2, 0) is 0 Å². The van der Waals surface area contributed by atoms with E-state index in [1.54, 1.807) is 16.1 Å². The normalized spacial score (nSPS) is 39.9. The van der Waals surface area contributed by atoms with Crippen molar-refractivity contribution >= 4 is 11.8 Å². The lowest BCUT2D eigenvalue weighted by molar-refractivity contribution is 0.216. The summed E-state index contributed by atoms with van der Waals surface area (Å²) in [6.07, 6.45) is 25.0. The molecule has 0 bridgehead atoms. The number of rotatable bonds is 3. The van der Waals surface area contributed by atoms with Crippen LogP contribution in [0.25, 0.3) is 0 Å². The SMILES string of the molecule is CC(C)C1=CC(C2CCCC3=C2SC2C=CC=CC32)C(C2CC=CCC2)NC1. The van der Waals surface area contributed by atoms with Crippen molar-refractivity contribution in [2.75, 3.05) is 6.54 Å². The molecule has 1 N–H and O–H groups in total. The Bertz CT molecular complexity index is 752. The summed E-state index contributed by atoms with van der Waals surface area (Å²) in [5.74, 6) is 3.55. The van der Waals surface area contributed by atoms with Crippen molar-refractivity contribution < 1.29 is 0 Å². The molecule has 150 valence electrons. The third kappa shape index (κ3) is 3.41. The smallest absolute Gasteiger partial charge is 0.0375 e. The first-order chi connectivity index (χ1) is 13.7. The Kier molecular flexibility index (Phi) is 5.45. The van der Waals surface area contributed by atoms with E-state index < -0.39 is 0 Å². The van der Waals surface area contributed by atoms with Gasteiger partial charge in [0, 0.05) is 29.7 Å². The van der Waals surface area contributed by atoms with Crippen LogP contribution in [0.4, 0.5) is 0 Å². The summed E-state index contributed by atoms with van der Waals surface area (Å²) in [5.41, 5.74) is 3.43. The predicted molar refractivity (Wildman–Crippen MR) is 122 cm³/mol. The molecule has 5 aliphatic rings. The lowest BCUT2D eigenvalue weighted by atomic mass is 9.69. The van der Waals surface area contributed by atoms with E-state index in [-0.39, 0.29) is 0 Å². The van der Waals surface area contributed by atoms with Gasteiger partial charge in [-0.3, -0.25) is 0 Å². The summed E-state index contributed by atoms with van der Waals surface area (Å²) in [6.45, 7) is 5.84. The lowest BCUT2D eigenvalue weighted by Gasteiger charge is -2.43. The number of thioether (sulfide) groups is 1. The average molecular weight is 394 g/mol.